The van der Waals surface area contributed by atoms with Crippen LogP contribution in [0.15, 0.2) is 53.2 Å². The van der Waals surface area contributed by atoms with Gasteiger partial charge in [0.15, 0.2) is 0 Å². The molecular weight excluding hydrogens is 358 g/mol. The van der Waals surface area contributed by atoms with Crippen LogP contribution in [-0.2, 0) is 16.4 Å². The molecule has 1 fully saturated rings. The van der Waals surface area contributed by atoms with Crippen molar-refractivity contribution in [2.75, 3.05) is 26.7 Å². The standard InChI is InChI=1S/C21H33N3O2S/c1-6-19-7-9-21(10-8-19)27(25,26)24-13-11-20(12-14-24)23(5)16-18(4)15-22-17(2)3/h7-10,15,20,22H,2,6,11-14,16H2,1,3-5H3/b18-15+. The molecule has 0 unspecified atom stereocenters. The van der Waals surface area contributed by atoms with E-state index in [1.54, 1.807) is 16.4 Å². The molecule has 1 aromatic carbocycles. The minimum absolute atomic E-state index is 0.395. The third-order valence-corrected chi connectivity index (χ3v) is 6.99. The molecule has 1 aromatic rings. The van der Waals surface area contributed by atoms with Gasteiger partial charge in [0.1, 0.15) is 0 Å². The summed E-state index contributed by atoms with van der Waals surface area (Å²) >= 11 is 0. The summed E-state index contributed by atoms with van der Waals surface area (Å²) < 4.78 is 27.4. The lowest BCUT2D eigenvalue weighted by Crippen LogP contribution is -2.45. The van der Waals surface area contributed by atoms with E-state index in [9.17, 15) is 8.42 Å². The Hall–Kier alpha value is -1.63. The van der Waals surface area contributed by atoms with Crippen LogP contribution in [0.25, 0.3) is 0 Å². The second kappa shape index (κ2) is 9.53. The highest BCUT2D eigenvalue weighted by Gasteiger charge is 2.30. The van der Waals surface area contributed by atoms with Gasteiger partial charge in [-0.15, -0.1) is 0 Å². The summed E-state index contributed by atoms with van der Waals surface area (Å²) in [7, 11) is -1.29. The molecule has 0 radical (unpaired) electrons. The summed E-state index contributed by atoms with van der Waals surface area (Å²) in [5.41, 5.74) is 3.30. The summed E-state index contributed by atoms with van der Waals surface area (Å²) in [4.78, 5) is 2.71. The highest BCUT2D eigenvalue weighted by molar-refractivity contribution is 7.89. The van der Waals surface area contributed by atoms with Gasteiger partial charge in [-0.25, -0.2) is 8.42 Å². The Morgan fingerprint density at radius 1 is 1.26 bits per heavy atom. The summed E-state index contributed by atoms with van der Waals surface area (Å²) in [6.45, 7) is 11.9. The number of rotatable bonds is 8. The van der Waals surface area contributed by atoms with Gasteiger partial charge in [-0.05, 0) is 63.4 Å². The van der Waals surface area contributed by atoms with Crippen LogP contribution in [0.5, 0.6) is 0 Å². The maximum atomic E-state index is 12.9. The maximum Gasteiger partial charge on any atom is 0.243 e. The molecule has 150 valence electrons. The molecule has 0 aromatic heterocycles. The fourth-order valence-corrected chi connectivity index (χ4v) is 4.85. The lowest BCUT2D eigenvalue weighted by molar-refractivity contribution is 0.179. The normalized spacial score (nSPS) is 17.3. The quantitative estimate of drug-likeness (QED) is 0.738. The highest BCUT2D eigenvalue weighted by Crippen LogP contribution is 2.23. The number of aryl methyl sites for hydroxylation is 1. The Labute approximate surface area is 164 Å². The Morgan fingerprint density at radius 3 is 2.37 bits per heavy atom. The third kappa shape index (κ3) is 5.92. The van der Waals surface area contributed by atoms with Crippen molar-refractivity contribution in [1.29, 1.82) is 0 Å². The van der Waals surface area contributed by atoms with E-state index in [1.165, 1.54) is 5.57 Å². The molecule has 1 N–H and O–H groups in total. The van der Waals surface area contributed by atoms with Crippen molar-refractivity contribution >= 4 is 10.0 Å². The SMILES string of the molecule is C=C(C)N/C=C(\C)CN(C)C1CCN(S(=O)(=O)c2ccc(CC)cc2)CC1. The molecular formula is C21H33N3O2S. The van der Waals surface area contributed by atoms with E-state index < -0.39 is 10.0 Å². The average molecular weight is 392 g/mol. The van der Waals surface area contributed by atoms with Crippen molar-refractivity contribution in [3.05, 3.63) is 53.9 Å². The lowest BCUT2D eigenvalue weighted by atomic mass is 10.0. The van der Waals surface area contributed by atoms with Crippen molar-refractivity contribution in [1.82, 2.24) is 14.5 Å². The van der Waals surface area contributed by atoms with Gasteiger partial charge in [0.05, 0.1) is 4.90 Å². The van der Waals surface area contributed by atoms with Crippen molar-refractivity contribution < 1.29 is 8.42 Å². The fourth-order valence-electron chi connectivity index (χ4n) is 3.38. The first-order valence-electron chi connectivity index (χ1n) is 9.61. The summed E-state index contributed by atoms with van der Waals surface area (Å²) in [5, 5.41) is 3.14. The zero-order valence-electron chi connectivity index (χ0n) is 17.0. The van der Waals surface area contributed by atoms with Gasteiger partial charge in [-0.2, -0.15) is 4.31 Å². The van der Waals surface area contributed by atoms with E-state index in [0.29, 0.717) is 24.0 Å². The number of allylic oxidation sites excluding steroid dienone is 1. The first kappa shape index (κ1) is 21.7. The van der Waals surface area contributed by atoms with Crippen molar-refractivity contribution in [2.24, 2.45) is 0 Å². The van der Waals surface area contributed by atoms with Crippen LogP contribution in [0.2, 0.25) is 0 Å². The van der Waals surface area contributed by atoms with E-state index in [0.717, 1.165) is 37.1 Å². The van der Waals surface area contributed by atoms with Crippen LogP contribution in [-0.4, -0.2) is 50.3 Å². The molecule has 0 atom stereocenters. The molecule has 2 rings (SSSR count). The first-order valence-corrected chi connectivity index (χ1v) is 11.0. The highest BCUT2D eigenvalue weighted by atomic mass is 32.2. The maximum absolute atomic E-state index is 12.9. The number of hydrogen-bond acceptors (Lipinski definition) is 4. The first-order chi connectivity index (χ1) is 12.7. The predicted molar refractivity (Wildman–Crippen MR) is 112 cm³/mol. The molecule has 5 nitrogen and oxygen atoms in total. The summed E-state index contributed by atoms with van der Waals surface area (Å²) in [6, 6.07) is 7.67. The molecule has 1 heterocycles. The Kier molecular flexibility index (Phi) is 7.65. The topological polar surface area (TPSA) is 52.6 Å². The molecule has 6 heteroatoms. The van der Waals surface area contributed by atoms with E-state index >= 15 is 0 Å². The van der Waals surface area contributed by atoms with Gasteiger partial charge < -0.3 is 5.32 Å². The average Bonchev–Trinajstić information content (AvgIpc) is 2.66. The summed E-state index contributed by atoms with van der Waals surface area (Å²) in [6.07, 6.45) is 4.60. The fraction of sp³-hybridized carbons (Fsp3) is 0.524. The van der Waals surface area contributed by atoms with Gasteiger partial charge in [0, 0.05) is 37.6 Å². The second-order valence-electron chi connectivity index (χ2n) is 7.46. The number of nitrogens with one attached hydrogen (secondary N) is 1. The molecule has 1 saturated heterocycles. The zero-order chi connectivity index (χ0) is 20.0. The third-order valence-electron chi connectivity index (χ3n) is 5.08. The largest absolute Gasteiger partial charge is 0.366 e. The monoisotopic (exact) mass is 391 g/mol. The lowest BCUT2D eigenvalue weighted by Gasteiger charge is -2.36. The van der Waals surface area contributed by atoms with Crippen LogP contribution < -0.4 is 5.32 Å². The van der Waals surface area contributed by atoms with Gasteiger partial charge in [-0.1, -0.05) is 25.6 Å². The Morgan fingerprint density at radius 2 is 1.85 bits per heavy atom. The molecule has 0 saturated carbocycles. The minimum Gasteiger partial charge on any atom is -0.366 e. The second-order valence-corrected chi connectivity index (χ2v) is 9.40. The molecule has 0 bridgehead atoms. The van der Waals surface area contributed by atoms with E-state index in [1.807, 2.05) is 25.3 Å². The Bertz CT molecular complexity index is 761. The number of nitrogens with zero attached hydrogens (tertiary/aromatic N) is 2. The predicted octanol–water partition coefficient (Wildman–Crippen LogP) is 3.36. The van der Waals surface area contributed by atoms with Crippen LogP contribution >= 0.6 is 0 Å². The van der Waals surface area contributed by atoms with Crippen LogP contribution in [0.3, 0.4) is 0 Å². The molecule has 0 spiro atoms. The number of benzene rings is 1. The molecule has 1 aliphatic heterocycles. The zero-order valence-corrected chi connectivity index (χ0v) is 17.8. The van der Waals surface area contributed by atoms with Crippen LogP contribution in [0.4, 0.5) is 0 Å². The number of hydrogen-bond donors (Lipinski definition) is 1. The smallest absolute Gasteiger partial charge is 0.243 e. The molecule has 1 aliphatic rings. The Balaban J connectivity index is 1.93. The number of sulfonamides is 1. The van der Waals surface area contributed by atoms with Crippen molar-refractivity contribution in [3.8, 4) is 0 Å². The minimum atomic E-state index is -3.39. The van der Waals surface area contributed by atoms with E-state index in [2.05, 4.69) is 37.7 Å². The van der Waals surface area contributed by atoms with Gasteiger partial charge >= 0.3 is 0 Å². The van der Waals surface area contributed by atoms with Crippen LogP contribution in [0.1, 0.15) is 39.2 Å². The number of piperidine rings is 1. The molecule has 0 amide bonds. The van der Waals surface area contributed by atoms with Crippen LogP contribution in [0, 0.1) is 0 Å². The molecule has 27 heavy (non-hydrogen) atoms. The number of likely N-dealkylation sites (N-methyl/N-ethyl adjacent to an activating group) is 1. The van der Waals surface area contributed by atoms with Gasteiger partial charge in [0.2, 0.25) is 10.0 Å². The van der Waals surface area contributed by atoms with Crippen molar-refractivity contribution in [3.63, 3.8) is 0 Å². The van der Waals surface area contributed by atoms with E-state index in [-0.39, 0.29) is 0 Å². The van der Waals surface area contributed by atoms with Gasteiger partial charge in [0.25, 0.3) is 0 Å². The molecule has 0 aliphatic carbocycles. The van der Waals surface area contributed by atoms with Gasteiger partial charge in [-0.3, -0.25) is 4.90 Å². The van der Waals surface area contributed by atoms with E-state index in [4.69, 9.17) is 0 Å². The van der Waals surface area contributed by atoms with Crippen molar-refractivity contribution in [2.45, 2.75) is 51.0 Å². The summed E-state index contributed by atoms with van der Waals surface area (Å²) in [5.74, 6) is 0.